The molecular weight excluding hydrogens is 478 g/mol. The maximum Gasteiger partial charge on any atom is 0.416 e. The predicted molar refractivity (Wildman–Crippen MR) is 127 cm³/mol. The number of aromatic nitrogens is 4. The van der Waals surface area contributed by atoms with E-state index in [9.17, 15) is 22.4 Å². The fraction of sp³-hybridized carbons (Fsp3) is 0.0833. The van der Waals surface area contributed by atoms with E-state index in [1.807, 2.05) is 0 Å². The van der Waals surface area contributed by atoms with Gasteiger partial charge in [0.15, 0.2) is 0 Å². The van der Waals surface area contributed by atoms with Crippen LogP contribution in [0.25, 0.3) is 11.1 Å². The number of carbonyl (C=O) groups excluding carboxylic acids is 1. The van der Waals surface area contributed by atoms with Gasteiger partial charge in [0.1, 0.15) is 11.6 Å². The number of alkyl halides is 3. The molecule has 4 rings (SSSR count). The van der Waals surface area contributed by atoms with Crippen LogP contribution in [0.1, 0.15) is 12.4 Å². The van der Waals surface area contributed by atoms with Gasteiger partial charge in [-0.1, -0.05) is 18.7 Å². The number of aryl methyl sites for hydroxylation is 1. The second-order valence-corrected chi connectivity index (χ2v) is 7.28. The highest BCUT2D eigenvalue weighted by atomic mass is 19.4. The Hall–Kier alpha value is -4.74. The standard InChI is InChI=1S/C24H19F4N7O/c1-3-21(36)31-16-8-9-19(25)20(10-16)33-22-18(14-4-6-15(7-5-14)24(26,27)28)12-29-23(34-22)32-17-11-30-35(2)13-17/h3-13H,1H2,2H3,(H,31,36)(H2,29,32,33,34)/i1D2,2D3. The number of nitrogens with one attached hydrogen (secondary N) is 3. The zero-order valence-corrected chi connectivity index (χ0v) is 18.1. The van der Waals surface area contributed by atoms with Crippen molar-refractivity contribution >= 4 is 34.7 Å². The summed E-state index contributed by atoms with van der Waals surface area (Å²) < 4.78 is 91.2. The van der Waals surface area contributed by atoms with Gasteiger partial charge in [0.25, 0.3) is 0 Å². The Bertz CT molecular complexity index is 1600. The van der Waals surface area contributed by atoms with Gasteiger partial charge in [0.05, 0.1) is 25.9 Å². The Balaban J connectivity index is 1.72. The fourth-order valence-corrected chi connectivity index (χ4v) is 3.11. The van der Waals surface area contributed by atoms with Gasteiger partial charge in [-0.25, -0.2) is 9.37 Å². The molecule has 0 bridgehead atoms. The Labute approximate surface area is 209 Å². The maximum absolute atomic E-state index is 14.8. The van der Waals surface area contributed by atoms with Crippen molar-refractivity contribution in [3.63, 3.8) is 0 Å². The van der Waals surface area contributed by atoms with Crippen LogP contribution in [0, 0.1) is 5.82 Å². The van der Waals surface area contributed by atoms with Crippen molar-refractivity contribution in [3.05, 3.63) is 85.0 Å². The second-order valence-electron chi connectivity index (χ2n) is 7.28. The predicted octanol–water partition coefficient (Wildman–Crippen LogP) is 5.65. The molecule has 12 heteroatoms. The first kappa shape index (κ1) is 18.6. The van der Waals surface area contributed by atoms with Crippen molar-refractivity contribution in [2.45, 2.75) is 6.18 Å². The molecule has 0 spiro atoms. The van der Waals surface area contributed by atoms with Gasteiger partial charge in [0, 0.05) is 34.7 Å². The number of benzene rings is 2. The van der Waals surface area contributed by atoms with Crippen LogP contribution in [0.15, 0.2) is 73.7 Å². The Kier molecular flexibility index (Phi) is 5.09. The normalized spacial score (nSPS) is 13.4. The topological polar surface area (TPSA) is 96.8 Å². The number of amides is 1. The van der Waals surface area contributed by atoms with Crippen molar-refractivity contribution in [2.24, 2.45) is 6.98 Å². The van der Waals surface area contributed by atoms with Gasteiger partial charge in [-0.2, -0.15) is 23.3 Å². The monoisotopic (exact) mass is 502 g/mol. The number of hydrogen-bond donors (Lipinski definition) is 3. The molecule has 184 valence electrons. The second kappa shape index (κ2) is 9.86. The zero-order valence-electron chi connectivity index (χ0n) is 23.1. The maximum atomic E-state index is 14.8. The molecule has 2 aromatic heterocycles. The first-order valence-electron chi connectivity index (χ1n) is 12.6. The first-order chi connectivity index (χ1) is 19.2. The van der Waals surface area contributed by atoms with Crippen LogP contribution in [0.4, 0.5) is 46.4 Å². The van der Waals surface area contributed by atoms with E-state index in [1.165, 1.54) is 42.9 Å². The number of anilines is 5. The zero-order chi connectivity index (χ0) is 29.9. The quantitative estimate of drug-likeness (QED) is 0.223. The summed E-state index contributed by atoms with van der Waals surface area (Å²) in [6.45, 7) is -3.27. The average Bonchev–Trinajstić information content (AvgIpc) is 3.35. The van der Waals surface area contributed by atoms with Crippen LogP contribution in [-0.4, -0.2) is 25.7 Å². The van der Waals surface area contributed by atoms with E-state index in [-0.39, 0.29) is 40.0 Å². The Morgan fingerprint density at radius 2 is 1.94 bits per heavy atom. The molecule has 0 aliphatic carbocycles. The number of rotatable bonds is 7. The van der Waals surface area contributed by atoms with Gasteiger partial charge < -0.3 is 16.0 Å². The summed E-state index contributed by atoms with van der Waals surface area (Å²) in [4.78, 5) is 20.4. The van der Waals surface area contributed by atoms with Crippen LogP contribution in [-0.2, 0) is 17.9 Å². The molecule has 1 amide bonds. The van der Waals surface area contributed by atoms with E-state index in [2.05, 4.69) is 31.0 Å². The Morgan fingerprint density at radius 3 is 2.64 bits per heavy atom. The number of hydrogen-bond acceptors (Lipinski definition) is 6. The van der Waals surface area contributed by atoms with E-state index in [1.54, 1.807) is 0 Å². The minimum absolute atomic E-state index is 0.0488. The van der Waals surface area contributed by atoms with Crippen molar-refractivity contribution in [1.82, 2.24) is 19.7 Å². The van der Waals surface area contributed by atoms with Gasteiger partial charge in [-0.05, 0) is 42.0 Å². The van der Waals surface area contributed by atoms with Crippen molar-refractivity contribution < 1.29 is 29.2 Å². The van der Waals surface area contributed by atoms with E-state index in [0.717, 1.165) is 22.9 Å². The summed E-state index contributed by atoms with van der Waals surface area (Å²) in [7, 11) is 0. The summed E-state index contributed by atoms with van der Waals surface area (Å²) in [5.41, 5.74) is -0.300. The van der Waals surface area contributed by atoms with Crippen LogP contribution in [0.2, 0.25) is 0 Å². The molecule has 2 heterocycles. The molecule has 4 aromatic rings. The third-order valence-electron chi connectivity index (χ3n) is 4.77. The molecule has 8 nitrogen and oxygen atoms in total. The number of halogens is 4. The molecule has 0 saturated carbocycles. The van der Waals surface area contributed by atoms with E-state index in [0.29, 0.717) is 6.08 Å². The SMILES string of the molecule is [2H]C([2H])=CC(=O)Nc1ccc(F)c(Nc2nc(Nc3cnn(C([2H])([2H])[2H])c3)ncc2-c2ccc(C(F)(F)F)cc2)c1. The van der Waals surface area contributed by atoms with E-state index >= 15 is 0 Å². The lowest BCUT2D eigenvalue weighted by Crippen LogP contribution is -2.08. The largest absolute Gasteiger partial charge is 0.416 e. The third-order valence-corrected chi connectivity index (χ3v) is 4.77. The summed E-state index contributed by atoms with van der Waals surface area (Å²) in [5, 5.41) is 11.6. The van der Waals surface area contributed by atoms with Crippen molar-refractivity contribution in [2.75, 3.05) is 16.0 Å². The summed E-state index contributed by atoms with van der Waals surface area (Å²) in [5.74, 6) is -1.70. The van der Waals surface area contributed by atoms with Crippen LogP contribution >= 0.6 is 0 Å². The van der Waals surface area contributed by atoms with E-state index < -0.39 is 37.0 Å². The molecule has 36 heavy (non-hydrogen) atoms. The average molecular weight is 502 g/mol. The molecule has 0 fully saturated rings. The van der Waals surface area contributed by atoms with Crippen LogP contribution < -0.4 is 16.0 Å². The van der Waals surface area contributed by atoms with Gasteiger partial charge in [-0.3, -0.25) is 9.48 Å². The highest BCUT2D eigenvalue weighted by molar-refractivity contribution is 5.99. The van der Waals surface area contributed by atoms with Crippen LogP contribution in [0.3, 0.4) is 0 Å². The van der Waals surface area contributed by atoms with E-state index in [4.69, 9.17) is 6.85 Å². The smallest absolute Gasteiger partial charge is 0.337 e. The lowest BCUT2D eigenvalue weighted by Gasteiger charge is -2.15. The molecular formula is C24H19F4N7O. The summed E-state index contributed by atoms with van der Waals surface area (Å²) in [6.07, 6.45) is -0.186. The van der Waals surface area contributed by atoms with Crippen molar-refractivity contribution in [3.8, 4) is 11.1 Å². The molecule has 0 aliphatic rings. The lowest BCUT2D eigenvalue weighted by molar-refractivity contribution is -0.137. The lowest BCUT2D eigenvalue weighted by atomic mass is 10.1. The highest BCUT2D eigenvalue weighted by Crippen LogP contribution is 2.34. The molecule has 0 radical (unpaired) electrons. The number of carbonyl (C=O) groups is 1. The third kappa shape index (κ3) is 5.66. The Morgan fingerprint density at radius 1 is 1.14 bits per heavy atom. The van der Waals surface area contributed by atoms with Crippen LogP contribution in [0.5, 0.6) is 0 Å². The number of nitrogens with zero attached hydrogens (tertiary/aromatic N) is 4. The molecule has 0 unspecified atom stereocenters. The molecule has 2 aromatic carbocycles. The summed E-state index contributed by atoms with van der Waals surface area (Å²) in [6, 6.07) is 7.60. The highest BCUT2D eigenvalue weighted by Gasteiger charge is 2.30. The van der Waals surface area contributed by atoms with Gasteiger partial charge in [-0.15, -0.1) is 0 Å². The van der Waals surface area contributed by atoms with Crippen molar-refractivity contribution in [1.29, 1.82) is 0 Å². The first-order valence-corrected chi connectivity index (χ1v) is 10.1. The molecule has 0 atom stereocenters. The van der Waals surface area contributed by atoms with Gasteiger partial charge >= 0.3 is 6.18 Å². The molecule has 0 aliphatic heterocycles. The fourth-order valence-electron chi connectivity index (χ4n) is 3.11. The van der Waals surface area contributed by atoms with Gasteiger partial charge in [0.2, 0.25) is 11.9 Å². The minimum atomic E-state index is -4.56. The molecule has 3 N–H and O–H groups in total. The summed E-state index contributed by atoms with van der Waals surface area (Å²) >= 11 is 0. The minimum Gasteiger partial charge on any atom is -0.337 e. The molecule has 0 saturated heterocycles.